The minimum atomic E-state index is -0.635. The van der Waals surface area contributed by atoms with Gasteiger partial charge < -0.3 is 25.3 Å². The third-order valence-corrected chi connectivity index (χ3v) is 5.57. The first-order chi connectivity index (χ1) is 16.8. The predicted molar refractivity (Wildman–Crippen MR) is 135 cm³/mol. The van der Waals surface area contributed by atoms with E-state index in [1.165, 1.54) is 29.2 Å². The number of benzene rings is 2. The minimum absolute atomic E-state index is 0.0447. The molecule has 1 aliphatic heterocycles. The summed E-state index contributed by atoms with van der Waals surface area (Å²) in [5, 5.41) is 5.69. The maximum atomic E-state index is 14.0. The molecule has 3 rings (SSSR count). The molecule has 0 radical (unpaired) electrons. The highest BCUT2D eigenvalue weighted by molar-refractivity contribution is 5.99. The fourth-order valence-electron chi connectivity index (χ4n) is 3.82. The van der Waals surface area contributed by atoms with Crippen molar-refractivity contribution in [3.63, 3.8) is 0 Å². The molecule has 1 aliphatic rings. The SMILES string of the molecule is C=CCN(CC(=O)Nc1ccc(N2CCN(C(=O)NC(C)C)CC2)cc1)C(=O)c1ccccc1F. The number of hydrogen-bond acceptors (Lipinski definition) is 4. The number of anilines is 2. The summed E-state index contributed by atoms with van der Waals surface area (Å²) < 4.78 is 14.0. The zero-order valence-electron chi connectivity index (χ0n) is 20.2. The van der Waals surface area contributed by atoms with Crippen molar-refractivity contribution in [1.82, 2.24) is 15.1 Å². The fraction of sp³-hybridized carbons (Fsp3) is 0.346. The second-order valence-electron chi connectivity index (χ2n) is 8.63. The van der Waals surface area contributed by atoms with E-state index in [-0.39, 0.29) is 30.7 Å². The summed E-state index contributed by atoms with van der Waals surface area (Å²) in [4.78, 5) is 42.7. The van der Waals surface area contributed by atoms with Crippen LogP contribution >= 0.6 is 0 Å². The Balaban J connectivity index is 1.55. The maximum absolute atomic E-state index is 14.0. The molecular formula is C26H32FN5O3. The molecule has 1 saturated heterocycles. The zero-order chi connectivity index (χ0) is 25.4. The standard InChI is InChI=1S/C26H32FN5O3/c1-4-13-32(25(34)22-7-5-6-8-23(22)27)18-24(33)29-20-9-11-21(12-10-20)30-14-16-31(17-15-30)26(35)28-19(2)3/h4-12,19H,1,13-18H2,2-3H3,(H,28,35)(H,29,33). The van der Waals surface area contributed by atoms with Gasteiger partial charge in [-0.3, -0.25) is 9.59 Å². The smallest absolute Gasteiger partial charge is 0.317 e. The van der Waals surface area contributed by atoms with E-state index in [0.29, 0.717) is 31.9 Å². The van der Waals surface area contributed by atoms with Gasteiger partial charge in [0.25, 0.3) is 5.91 Å². The van der Waals surface area contributed by atoms with Gasteiger partial charge in [0.15, 0.2) is 0 Å². The van der Waals surface area contributed by atoms with Gasteiger partial charge in [-0.1, -0.05) is 18.2 Å². The third-order valence-electron chi connectivity index (χ3n) is 5.57. The number of carbonyl (C=O) groups is 3. The van der Waals surface area contributed by atoms with E-state index in [2.05, 4.69) is 22.1 Å². The molecule has 9 heteroatoms. The Morgan fingerprint density at radius 1 is 1.06 bits per heavy atom. The van der Waals surface area contributed by atoms with Crippen LogP contribution in [-0.2, 0) is 4.79 Å². The molecule has 2 aromatic carbocycles. The number of nitrogens with zero attached hydrogens (tertiary/aromatic N) is 3. The van der Waals surface area contributed by atoms with E-state index in [1.807, 2.05) is 30.9 Å². The first-order valence-electron chi connectivity index (χ1n) is 11.6. The van der Waals surface area contributed by atoms with Crippen LogP contribution in [0.1, 0.15) is 24.2 Å². The molecule has 0 saturated carbocycles. The molecule has 4 amide bonds. The average molecular weight is 482 g/mol. The molecule has 0 unspecified atom stereocenters. The van der Waals surface area contributed by atoms with Crippen molar-refractivity contribution in [3.05, 3.63) is 72.6 Å². The molecule has 0 spiro atoms. The number of halogens is 1. The number of nitrogens with one attached hydrogen (secondary N) is 2. The van der Waals surface area contributed by atoms with Gasteiger partial charge in [0.05, 0.1) is 5.56 Å². The second-order valence-corrected chi connectivity index (χ2v) is 8.63. The molecule has 1 heterocycles. The highest BCUT2D eigenvalue weighted by Gasteiger charge is 2.22. The Morgan fingerprint density at radius 2 is 1.71 bits per heavy atom. The lowest BCUT2D eigenvalue weighted by Crippen LogP contribution is -2.52. The van der Waals surface area contributed by atoms with E-state index >= 15 is 0 Å². The predicted octanol–water partition coefficient (Wildman–Crippen LogP) is 3.33. The van der Waals surface area contributed by atoms with Gasteiger partial charge in [0.1, 0.15) is 12.4 Å². The van der Waals surface area contributed by atoms with Crippen molar-refractivity contribution < 1.29 is 18.8 Å². The van der Waals surface area contributed by atoms with Gasteiger partial charge in [0.2, 0.25) is 5.91 Å². The zero-order valence-corrected chi connectivity index (χ0v) is 20.2. The molecule has 2 aromatic rings. The fourth-order valence-corrected chi connectivity index (χ4v) is 3.82. The van der Waals surface area contributed by atoms with Crippen LogP contribution < -0.4 is 15.5 Å². The average Bonchev–Trinajstić information content (AvgIpc) is 2.84. The Morgan fingerprint density at radius 3 is 2.31 bits per heavy atom. The van der Waals surface area contributed by atoms with E-state index < -0.39 is 17.6 Å². The van der Waals surface area contributed by atoms with Crippen LogP contribution in [0.4, 0.5) is 20.6 Å². The van der Waals surface area contributed by atoms with Crippen molar-refractivity contribution in [3.8, 4) is 0 Å². The number of piperazine rings is 1. The van der Waals surface area contributed by atoms with Crippen molar-refractivity contribution in [2.45, 2.75) is 19.9 Å². The lowest BCUT2D eigenvalue weighted by Gasteiger charge is -2.36. The molecule has 2 N–H and O–H groups in total. The maximum Gasteiger partial charge on any atom is 0.317 e. The quantitative estimate of drug-likeness (QED) is 0.567. The lowest BCUT2D eigenvalue weighted by molar-refractivity contribution is -0.116. The molecule has 0 aromatic heterocycles. The van der Waals surface area contributed by atoms with Gasteiger partial charge in [-0.2, -0.15) is 0 Å². The van der Waals surface area contributed by atoms with Crippen molar-refractivity contribution in [1.29, 1.82) is 0 Å². The van der Waals surface area contributed by atoms with Gasteiger partial charge in [-0.15, -0.1) is 6.58 Å². The Bertz CT molecular complexity index is 1050. The van der Waals surface area contributed by atoms with Crippen LogP contribution in [0.15, 0.2) is 61.2 Å². The second kappa shape index (κ2) is 12.0. The van der Waals surface area contributed by atoms with Crippen LogP contribution in [-0.4, -0.2) is 73.0 Å². The van der Waals surface area contributed by atoms with Gasteiger partial charge in [-0.05, 0) is 50.2 Å². The van der Waals surface area contributed by atoms with Crippen molar-refractivity contribution >= 4 is 29.2 Å². The van der Waals surface area contributed by atoms with E-state index in [0.717, 1.165) is 5.69 Å². The topological polar surface area (TPSA) is 85.0 Å². The number of amides is 4. The molecular weight excluding hydrogens is 449 g/mol. The lowest BCUT2D eigenvalue weighted by atomic mass is 10.2. The largest absolute Gasteiger partial charge is 0.368 e. The number of hydrogen-bond donors (Lipinski definition) is 2. The van der Waals surface area contributed by atoms with Crippen molar-refractivity contribution in [2.75, 3.05) is 49.5 Å². The molecule has 8 nitrogen and oxygen atoms in total. The highest BCUT2D eigenvalue weighted by Crippen LogP contribution is 2.20. The molecule has 0 atom stereocenters. The normalized spacial score (nSPS) is 13.4. The van der Waals surface area contributed by atoms with Crippen molar-refractivity contribution in [2.24, 2.45) is 0 Å². The van der Waals surface area contributed by atoms with E-state index in [1.54, 1.807) is 18.2 Å². The number of carbonyl (C=O) groups excluding carboxylic acids is 3. The monoisotopic (exact) mass is 481 g/mol. The highest BCUT2D eigenvalue weighted by atomic mass is 19.1. The summed E-state index contributed by atoms with van der Waals surface area (Å²) in [7, 11) is 0. The van der Waals surface area contributed by atoms with E-state index in [4.69, 9.17) is 0 Å². The number of urea groups is 1. The molecule has 1 fully saturated rings. The first-order valence-corrected chi connectivity index (χ1v) is 11.6. The van der Waals surface area contributed by atoms with Gasteiger partial charge in [0, 0.05) is 50.1 Å². The Hall–Kier alpha value is -3.88. The summed E-state index contributed by atoms with van der Waals surface area (Å²) in [5.41, 5.74) is 1.49. The van der Waals surface area contributed by atoms with Crippen LogP contribution in [0, 0.1) is 5.82 Å². The molecule has 0 aliphatic carbocycles. The van der Waals surface area contributed by atoms with E-state index in [9.17, 15) is 18.8 Å². The molecule has 186 valence electrons. The van der Waals surface area contributed by atoms with Crippen LogP contribution in [0.5, 0.6) is 0 Å². The van der Waals surface area contributed by atoms with Crippen LogP contribution in [0.2, 0.25) is 0 Å². The summed E-state index contributed by atoms with van der Waals surface area (Å²) in [6.45, 7) is 10.1. The Kier molecular flexibility index (Phi) is 8.83. The number of rotatable bonds is 8. The van der Waals surface area contributed by atoms with Crippen LogP contribution in [0.3, 0.4) is 0 Å². The minimum Gasteiger partial charge on any atom is -0.368 e. The molecule has 0 bridgehead atoms. The summed E-state index contributed by atoms with van der Waals surface area (Å²) in [6, 6.07) is 13.1. The third kappa shape index (κ3) is 7.05. The summed E-state index contributed by atoms with van der Waals surface area (Å²) in [5.74, 6) is -1.60. The van der Waals surface area contributed by atoms with Gasteiger partial charge in [-0.25, -0.2) is 9.18 Å². The summed E-state index contributed by atoms with van der Waals surface area (Å²) in [6.07, 6.45) is 1.49. The van der Waals surface area contributed by atoms with Gasteiger partial charge >= 0.3 is 6.03 Å². The van der Waals surface area contributed by atoms with Crippen LogP contribution in [0.25, 0.3) is 0 Å². The summed E-state index contributed by atoms with van der Waals surface area (Å²) >= 11 is 0. The Labute approximate surface area is 205 Å². The molecule has 35 heavy (non-hydrogen) atoms. The first kappa shape index (κ1) is 25.7.